The molecule has 1 aromatic rings. The zero-order valence-corrected chi connectivity index (χ0v) is 17.8. The maximum atomic E-state index is 6.42. The molecule has 1 fully saturated rings. The minimum Gasteiger partial charge on any atom is -0.541 e. The highest BCUT2D eigenvalue weighted by Crippen LogP contribution is 2.41. The molecule has 2 atom stereocenters. The van der Waals surface area contributed by atoms with Gasteiger partial charge in [-0.1, -0.05) is 26.8 Å². The maximum absolute atomic E-state index is 6.42. The van der Waals surface area contributed by atoms with Crippen molar-refractivity contribution in [1.82, 2.24) is 0 Å². The first-order chi connectivity index (χ1) is 11.6. The van der Waals surface area contributed by atoms with Gasteiger partial charge < -0.3 is 18.6 Å². The quantitative estimate of drug-likeness (QED) is 0.607. The molecule has 0 saturated carbocycles. The largest absolute Gasteiger partial charge is 0.541 e. The summed E-state index contributed by atoms with van der Waals surface area (Å²) in [6, 6.07) is 6.10. The Morgan fingerprint density at radius 3 is 2.44 bits per heavy atom. The molecule has 0 radical (unpaired) electrons. The first kappa shape index (κ1) is 20.3. The SMILES string of the molecule is COc1cc(C(C)OC2CCCCO2)ccc1O[Si](C)(C)C(C)(C)C. The number of hydrogen-bond donors (Lipinski definition) is 0. The Morgan fingerprint density at radius 1 is 1.16 bits per heavy atom. The van der Waals surface area contributed by atoms with Gasteiger partial charge in [0.25, 0.3) is 8.32 Å². The molecule has 0 spiro atoms. The van der Waals surface area contributed by atoms with E-state index >= 15 is 0 Å². The van der Waals surface area contributed by atoms with Gasteiger partial charge in [0.2, 0.25) is 0 Å². The molecule has 1 aromatic carbocycles. The molecule has 0 bridgehead atoms. The predicted octanol–water partition coefficient (Wildman–Crippen LogP) is 5.68. The Hall–Kier alpha value is -1.04. The average molecular weight is 367 g/mol. The number of ether oxygens (including phenoxy) is 3. The molecule has 1 heterocycles. The van der Waals surface area contributed by atoms with E-state index in [0.717, 1.165) is 36.5 Å². The highest BCUT2D eigenvalue weighted by atomic mass is 28.4. The smallest absolute Gasteiger partial charge is 0.250 e. The van der Waals surface area contributed by atoms with Crippen molar-refractivity contribution >= 4 is 8.32 Å². The van der Waals surface area contributed by atoms with Gasteiger partial charge >= 0.3 is 0 Å². The van der Waals surface area contributed by atoms with E-state index in [4.69, 9.17) is 18.6 Å². The van der Waals surface area contributed by atoms with E-state index in [1.54, 1.807) is 7.11 Å². The monoisotopic (exact) mass is 366 g/mol. The number of rotatable bonds is 6. The molecule has 2 rings (SSSR count). The van der Waals surface area contributed by atoms with Gasteiger partial charge in [-0.15, -0.1) is 0 Å². The third kappa shape index (κ3) is 5.22. The Balaban J connectivity index is 2.12. The van der Waals surface area contributed by atoms with Crippen molar-refractivity contribution in [3.05, 3.63) is 23.8 Å². The standard InChI is InChI=1S/C20H34O4Si/c1-15(23-19-10-8-9-13-22-19)16-11-12-17(18(14-16)21-5)24-25(6,7)20(2,3)4/h11-12,14-15,19H,8-10,13H2,1-7H3. The molecule has 0 N–H and O–H groups in total. The van der Waals surface area contributed by atoms with Crippen LogP contribution < -0.4 is 9.16 Å². The normalized spacial score (nSPS) is 20.2. The van der Waals surface area contributed by atoms with Gasteiger partial charge in [-0.2, -0.15) is 0 Å². The fraction of sp³-hybridized carbons (Fsp3) is 0.700. The Bertz CT molecular complexity index is 559. The van der Waals surface area contributed by atoms with Crippen molar-refractivity contribution in [2.24, 2.45) is 0 Å². The topological polar surface area (TPSA) is 36.9 Å². The Labute approximate surface area is 153 Å². The van der Waals surface area contributed by atoms with Gasteiger partial charge in [0, 0.05) is 6.61 Å². The van der Waals surface area contributed by atoms with Crippen LogP contribution in [0.25, 0.3) is 0 Å². The molecule has 1 aliphatic rings. The van der Waals surface area contributed by atoms with Crippen LogP contribution in [0.3, 0.4) is 0 Å². The summed E-state index contributed by atoms with van der Waals surface area (Å²) < 4.78 is 23.8. The van der Waals surface area contributed by atoms with Crippen molar-refractivity contribution in [3.63, 3.8) is 0 Å². The molecule has 142 valence electrons. The van der Waals surface area contributed by atoms with E-state index in [1.165, 1.54) is 6.42 Å². The molecular weight excluding hydrogens is 332 g/mol. The summed E-state index contributed by atoms with van der Waals surface area (Å²) >= 11 is 0. The van der Waals surface area contributed by atoms with Gasteiger partial charge in [-0.05, 0) is 62.0 Å². The lowest BCUT2D eigenvalue weighted by atomic mass is 10.1. The zero-order valence-electron chi connectivity index (χ0n) is 16.8. The molecule has 0 aliphatic carbocycles. The Morgan fingerprint density at radius 2 is 1.88 bits per heavy atom. The lowest BCUT2D eigenvalue weighted by Crippen LogP contribution is -2.43. The summed E-state index contributed by atoms with van der Waals surface area (Å²) in [5.74, 6) is 1.58. The molecule has 1 saturated heterocycles. The highest BCUT2D eigenvalue weighted by Gasteiger charge is 2.39. The Kier molecular flexibility index (Phi) is 6.57. The fourth-order valence-electron chi connectivity index (χ4n) is 2.57. The van der Waals surface area contributed by atoms with E-state index in [1.807, 2.05) is 12.1 Å². The van der Waals surface area contributed by atoms with Crippen LogP contribution in [0.2, 0.25) is 18.1 Å². The minimum atomic E-state index is -1.90. The summed E-state index contributed by atoms with van der Waals surface area (Å²) in [5.41, 5.74) is 1.08. The summed E-state index contributed by atoms with van der Waals surface area (Å²) in [7, 11) is -0.216. The lowest BCUT2D eigenvalue weighted by Gasteiger charge is -2.37. The van der Waals surface area contributed by atoms with Crippen LogP contribution in [0.5, 0.6) is 11.5 Å². The summed E-state index contributed by atoms with van der Waals surface area (Å²) in [4.78, 5) is 0. The molecule has 25 heavy (non-hydrogen) atoms. The predicted molar refractivity (Wildman–Crippen MR) is 104 cm³/mol. The highest BCUT2D eigenvalue weighted by molar-refractivity contribution is 6.74. The van der Waals surface area contributed by atoms with E-state index < -0.39 is 8.32 Å². The van der Waals surface area contributed by atoms with E-state index in [-0.39, 0.29) is 17.4 Å². The first-order valence-electron chi connectivity index (χ1n) is 9.28. The second kappa shape index (κ2) is 8.10. The zero-order chi connectivity index (χ0) is 18.7. The van der Waals surface area contributed by atoms with E-state index in [2.05, 4.69) is 46.9 Å². The number of hydrogen-bond acceptors (Lipinski definition) is 4. The maximum Gasteiger partial charge on any atom is 0.250 e. The van der Waals surface area contributed by atoms with Crippen LogP contribution in [0.15, 0.2) is 18.2 Å². The van der Waals surface area contributed by atoms with Crippen molar-refractivity contribution < 1.29 is 18.6 Å². The summed E-state index contributed by atoms with van der Waals surface area (Å²) in [5, 5.41) is 0.144. The van der Waals surface area contributed by atoms with Crippen molar-refractivity contribution in [1.29, 1.82) is 0 Å². The van der Waals surface area contributed by atoms with Gasteiger partial charge in [0.05, 0.1) is 13.2 Å². The van der Waals surface area contributed by atoms with Crippen LogP contribution >= 0.6 is 0 Å². The van der Waals surface area contributed by atoms with Crippen LogP contribution in [-0.2, 0) is 9.47 Å². The van der Waals surface area contributed by atoms with Crippen LogP contribution in [0.4, 0.5) is 0 Å². The van der Waals surface area contributed by atoms with Gasteiger partial charge in [0.15, 0.2) is 12.0 Å². The van der Waals surface area contributed by atoms with Gasteiger partial charge in [-0.25, -0.2) is 0 Å². The number of benzene rings is 1. The average Bonchev–Trinajstić information content (AvgIpc) is 2.54. The molecule has 2 unspecified atom stereocenters. The first-order valence-corrected chi connectivity index (χ1v) is 12.2. The molecule has 4 nitrogen and oxygen atoms in total. The minimum absolute atomic E-state index is 0.0427. The van der Waals surface area contributed by atoms with Crippen molar-refractivity contribution in [3.8, 4) is 11.5 Å². The molecule has 5 heteroatoms. The van der Waals surface area contributed by atoms with Crippen molar-refractivity contribution in [2.75, 3.05) is 13.7 Å². The van der Waals surface area contributed by atoms with Gasteiger partial charge in [-0.3, -0.25) is 0 Å². The summed E-state index contributed by atoms with van der Waals surface area (Å²) in [6.45, 7) is 14.0. The molecule has 1 aliphatic heterocycles. The fourth-order valence-corrected chi connectivity index (χ4v) is 3.60. The van der Waals surface area contributed by atoms with Gasteiger partial charge in [0.1, 0.15) is 5.75 Å². The van der Waals surface area contributed by atoms with Crippen molar-refractivity contribution in [2.45, 2.75) is 77.5 Å². The lowest BCUT2D eigenvalue weighted by molar-refractivity contribution is -0.186. The molecule has 0 amide bonds. The number of methoxy groups -OCH3 is 1. The van der Waals surface area contributed by atoms with Crippen LogP contribution in [0.1, 0.15) is 58.6 Å². The van der Waals surface area contributed by atoms with Crippen LogP contribution in [0, 0.1) is 0 Å². The van der Waals surface area contributed by atoms with E-state index in [0.29, 0.717) is 0 Å². The van der Waals surface area contributed by atoms with E-state index in [9.17, 15) is 0 Å². The third-order valence-corrected chi connectivity index (χ3v) is 9.66. The second-order valence-corrected chi connectivity index (χ2v) is 13.1. The molecule has 0 aromatic heterocycles. The summed E-state index contributed by atoms with van der Waals surface area (Å²) in [6.07, 6.45) is 3.12. The third-order valence-electron chi connectivity index (χ3n) is 5.32. The van der Waals surface area contributed by atoms with Crippen LogP contribution in [-0.4, -0.2) is 28.3 Å². The second-order valence-electron chi connectivity index (χ2n) is 8.35. The molecular formula is C20H34O4Si.